The highest BCUT2D eigenvalue weighted by atomic mass is 35.5. The number of nitrogens with one attached hydrogen (secondary N) is 1. The molecule has 3 rings (SSSR count). The van der Waals surface area contributed by atoms with Crippen molar-refractivity contribution in [3.8, 4) is 11.6 Å². The van der Waals surface area contributed by atoms with Crippen LogP contribution >= 0.6 is 11.6 Å². The van der Waals surface area contributed by atoms with E-state index in [0.717, 1.165) is 4.57 Å². The van der Waals surface area contributed by atoms with Crippen molar-refractivity contribution >= 4 is 23.9 Å². The molecule has 6 nitrogen and oxygen atoms in total. The van der Waals surface area contributed by atoms with Gasteiger partial charge in [-0.2, -0.15) is 0 Å². The third kappa shape index (κ3) is 2.40. The maximum Gasteiger partial charge on any atom is 0.335 e. The van der Waals surface area contributed by atoms with Crippen molar-refractivity contribution in [2.75, 3.05) is 0 Å². The van der Waals surface area contributed by atoms with Crippen molar-refractivity contribution in [1.82, 2.24) is 9.55 Å². The van der Waals surface area contributed by atoms with Gasteiger partial charge in [-0.05, 0) is 30.4 Å². The van der Waals surface area contributed by atoms with E-state index >= 15 is 0 Å². The summed E-state index contributed by atoms with van der Waals surface area (Å²) in [5, 5.41) is 10.6. The molecule has 2 aromatic rings. The van der Waals surface area contributed by atoms with Gasteiger partial charge in [0.2, 0.25) is 5.88 Å². The highest BCUT2D eigenvalue weighted by Gasteiger charge is 2.16. The summed E-state index contributed by atoms with van der Waals surface area (Å²) in [6.07, 6.45) is 6.31. The van der Waals surface area contributed by atoms with Crippen LogP contribution in [0.15, 0.2) is 56.7 Å². The van der Waals surface area contributed by atoms with Crippen LogP contribution in [0.25, 0.3) is 11.8 Å². The summed E-state index contributed by atoms with van der Waals surface area (Å²) < 4.78 is 0.943. The maximum atomic E-state index is 12.0. The number of allylic oxidation sites excluding steroid dienone is 2. The average molecular weight is 316 g/mol. The molecular weight excluding hydrogens is 306 g/mol. The zero-order valence-electron chi connectivity index (χ0n) is 11.2. The largest absolute Gasteiger partial charge is 0.494 e. The van der Waals surface area contributed by atoms with E-state index in [2.05, 4.69) is 9.98 Å². The lowest BCUT2D eigenvalue weighted by Crippen LogP contribution is -2.30. The van der Waals surface area contributed by atoms with Crippen molar-refractivity contribution in [3.05, 3.63) is 73.5 Å². The molecule has 1 aromatic carbocycles. The minimum Gasteiger partial charge on any atom is -0.494 e. The summed E-state index contributed by atoms with van der Waals surface area (Å²) in [7, 11) is 0. The fourth-order valence-electron chi connectivity index (χ4n) is 2.07. The molecule has 0 bridgehead atoms. The number of aromatic amines is 1. The van der Waals surface area contributed by atoms with Gasteiger partial charge >= 0.3 is 5.69 Å². The number of hydrogen-bond donors (Lipinski definition) is 2. The quantitative estimate of drug-likeness (QED) is 0.886. The molecule has 0 fully saturated rings. The summed E-state index contributed by atoms with van der Waals surface area (Å²) in [5.74, 6) is -0.496. The third-order valence-electron chi connectivity index (χ3n) is 3.08. The molecule has 0 saturated heterocycles. The molecule has 22 heavy (non-hydrogen) atoms. The minimum atomic E-state index is -0.775. The molecule has 1 aromatic heterocycles. The predicted octanol–water partition coefficient (Wildman–Crippen LogP) is 1.87. The van der Waals surface area contributed by atoms with Crippen molar-refractivity contribution in [1.29, 1.82) is 0 Å². The highest BCUT2D eigenvalue weighted by Crippen LogP contribution is 2.24. The molecule has 110 valence electrons. The van der Waals surface area contributed by atoms with Gasteiger partial charge in [0, 0.05) is 6.21 Å². The molecule has 0 saturated carbocycles. The van der Waals surface area contributed by atoms with Crippen LogP contribution in [0.5, 0.6) is 5.88 Å². The summed E-state index contributed by atoms with van der Waals surface area (Å²) in [6, 6.07) is 6.50. The highest BCUT2D eigenvalue weighted by molar-refractivity contribution is 6.32. The van der Waals surface area contributed by atoms with Crippen LogP contribution < -0.4 is 11.2 Å². The number of H-pyrrole nitrogens is 1. The first-order valence-electron chi connectivity index (χ1n) is 6.33. The Morgan fingerprint density at radius 2 is 2.05 bits per heavy atom. The van der Waals surface area contributed by atoms with Gasteiger partial charge in [-0.3, -0.25) is 14.8 Å². The molecule has 0 radical (unpaired) electrons. The first kappa shape index (κ1) is 14.1. The molecule has 2 heterocycles. The number of nitrogens with zero attached hydrogens (tertiary/aromatic N) is 2. The Morgan fingerprint density at radius 1 is 1.27 bits per heavy atom. The van der Waals surface area contributed by atoms with Crippen molar-refractivity contribution in [2.24, 2.45) is 4.99 Å². The minimum absolute atomic E-state index is 0.0711. The lowest BCUT2D eigenvalue weighted by Gasteiger charge is -2.11. The lowest BCUT2D eigenvalue weighted by molar-refractivity contribution is 0.429. The Labute approximate surface area is 129 Å². The molecule has 0 unspecified atom stereocenters. The maximum absolute atomic E-state index is 12.0. The summed E-state index contributed by atoms with van der Waals surface area (Å²) in [5.41, 5.74) is -0.784. The average Bonchev–Trinajstić information content (AvgIpc) is 2.98. The first-order valence-corrected chi connectivity index (χ1v) is 6.71. The van der Waals surface area contributed by atoms with Gasteiger partial charge in [-0.25, -0.2) is 9.36 Å². The fourth-order valence-corrected chi connectivity index (χ4v) is 2.29. The van der Waals surface area contributed by atoms with E-state index in [-0.39, 0.29) is 16.3 Å². The Morgan fingerprint density at radius 3 is 2.73 bits per heavy atom. The first-order chi connectivity index (χ1) is 10.6. The van der Waals surface area contributed by atoms with Crippen LogP contribution in [0, 0.1) is 0 Å². The monoisotopic (exact) mass is 315 g/mol. The number of halogens is 1. The number of hydrogen-bond acceptors (Lipinski definition) is 4. The zero-order valence-corrected chi connectivity index (χ0v) is 11.9. The second-order valence-electron chi connectivity index (χ2n) is 4.49. The summed E-state index contributed by atoms with van der Waals surface area (Å²) in [4.78, 5) is 30.1. The predicted molar refractivity (Wildman–Crippen MR) is 84.9 cm³/mol. The van der Waals surface area contributed by atoms with Gasteiger partial charge in [0.25, 0.3) is 5.56 Å². The zero-order chi connectivity index (χ0) is 15.7. The van der Waals surface area contributed by atoms with Gasteiger partial charge in [0.1, 0.15) is 5.56 Å². The lowest BCUT2D eigenvalue weighted by atomic mass is 10.2. The number of para-hydroxylation sites is 1. The molecule has 0 spiro atoms. The topological polar surface area (TPSA) is 87.5 Å². The summed E-state index contributed by atoms with van der Waals surface area (Å²) >= 11 is 6.05. The van der Waals surface area contributed by atoms with Crippen LogP contribution in [0.3, 0.4) is 0 Å². The Hall–Kier alpha value is -2.86. The molecule has 1 aliphatic heterocycles. The Kier molecular flexibility index (Phi) is 3.52. The second kappa shape index (κ2) is 5.50. The standard InChI is InChI=1S/C15H10ClN3O3/c16-11-5-1-2-6-12(11)19-14(21)10(13(20)18-15(19)22)8-9-4-3-7-17-9/h1-8,21H,(H,18,20,22)/b9-8-. The Balaban J connectivity index is 2.29. The third-order valence-corrected chi connectivity index (χ3v) is 3.40. The van der Waals surface area contributed by atoms with Gasteiger partial charge in [0.15, 0.2) is 0 Å². The molecule has 2 N–H and O–H groups in total. The van der Waals surface area contributed by atoms with Gasteiger partial charge in [-0.1, -0.05) is 23.7 Å². The fraction of sp³-hybridized carbons (Fsp3) is 0. The van der Waals surface area contributed by atoms with Gasteiger partial charge in [0.05, 0.1) is 16.4 Å². The van der Waals surface area contributed by atoms with Crippen LogP contribution in [0.2, 0.25) is 5.02 Å². The van der Waals surface area contributed by atoms with Gasteiger partial charge < -0.3 is 5.11 Å². The Bertz CT molecular complexity index is 937. The summed E-state index contributed by atoms with van der Waals surface area (Å²) in [6.45, 7) is 0. The molecule has 0 amide bonds. The van der Waals surface area contributed by atoms with E-state index in [0.29, 0.717) is 5.70 Å². The second-order valence-corrected chi connectivity index (χ2v) is 4.90. The van der Waals surface area contributed by atoms with E-state index in [1.54, 1.807) is 42.6 Å². The van der Waals surface area contributed by atoms with Crippen molar-refractivity contribution in [3.63, 3.8) is 0 Å². The van der Waals surface area contributed by atoms with E-state index in [4.69, 9.17) is 11.6 Å². The van der Waals surface area contributed by atoms with Crippen LogP contribution in [0.1, 0.15) is 5.56 Å². The number of aromatic hydroxyl groups is 1. The van der Waals surface area contributed by atoms with Crippen molar-refractivity contribution < 1.29 is 5.11 Å². The van der Waals surface area contributed by atoms with E-state index in [1.807, 2.05) is 0 Å². The molecule has 7 heteroatoms. The van der Waals surface area contributed by atoms with Crippen LogP contribution in [-0.2, 0) is 0 Å². The van der Waals surface area contributed by atoms with Gasteiger partial charge in [-0.15, -0.1) is 0 Å². The SMILES string of the molecule is O=c1[nH]c(=O)n(-c2ccccc2Cl)c(O)c1/C=C1/C=CC=N1. The number of aromatic nitrogens is 2. The molecule has 1 aliphatic rings. The number of aliphatic imine (C=N–C) groups is 1. The molecular formula is C15H10ClN3O3. The number of rotatable bonds is 2. The van der Waals surface area contributed by atoms with Crippen molar-refractivity contribution in [2.45, 2.75) is 0 Å². The molecule has 0 aliphatic carbocycles. The number of benzene rings is 1. The van der Waals surface area contributed by atoms with E-state index in [1.165, 1.54) is 6.08 Å². The van der Waals surface area contributed by atoms with Crippen LogP contribution in [-0.4, -0.2) is 20.9 Å². The van der Waals surface area contributed by atoms with E-state index < -0.39 is 17.1 Å². The smallest absolute Gasteiger partial charge is 0.335 e. The normalized spacial score (nSPS) is 14.9. The van der Waals surface area contributed by atoms with E-state index in [9.17, 15) is 14.7 Å². The van der Waals surface area contributed by atoms with Crippen LogP contribution in [0.4, 0.5) is 0 Å². The molecule has 0 atom stereocenters.